The molecule has 0 aromatic heterocycles. The van der Waals surface area contributed by atoms with Crippen molar-refractivity contribution in [1.82, 2.24) is 4.90 Å². The highest BCUT2D eigenvalue weighted by atomic mass is 79.9. The lowest BCUT2D eigenvalue weighted by Gasteiger charge is -2.23. The van der Waals surface area contributed by atoms with E-state index in [1.165, 1.54) is 21.6 Å². The maximum Gasteiger partial charge on any atom is 0.337 e. The number of amides is 1. The Bertz CT molecular complexity index is 624. The Labute approximate surface area is 133 Å². The summed E-state index contributed by atoms with van der Waals surface area (Å²) >= 11 is 9.95. The smallest absolute Gasteiger partial charge is 0.337 e. The molecule has 2 saturated heterocycles. The molecular formula is C12H9BrN2O3S2. The van der Waals surface area contributed by atoms with Crippen molar-refractivity contribution in [1.29, 1.82) is 0 Å². The van der Waals surface area contributed by atoms with Gasteiger partial charge in [-0.05, 0) is 40.3 Å². The summed E-state index contributed by atoms with van der Waals surface area (Å²) in [6, 6.07) is 6.76. The van der Waals surface area contributed by atoms with Crippen molar-refractivity contribution in [2.24, 2.45) is 0 Å². The van der Waals surface area contributed by atoms with Crippen LogP contribution >= 0.6 is 39.9 Å². The number of thioether (sulfide) groups is 1. The predicted molar refractivity (Wildman–Crippen MR) is 83.7 cm³/mol. The van der Waals surface area contributed by atoms with Crippen LogP contribution in [0, 0.1) is 0 Å². The maximum atomic E-state index is 12.5. The highest BCUT2D eigenvalue weighted by Gasteiger charge is 2.53. The maximum absolute atomic E-state index is 12.5. The van der Waals surface area contributed by atoms with Crippen LogP contribution in [-0.2, 0) is 9.59 Å². The SMILES string of the molecule is O=C(O)[C@H]1SC[C@@H]2C(=O)N(c3ccccc3Br)C(=S)N21. The number of carboxylic acid groups (broad SMARTS) is 1. The van der Waals surface area contributed by atoms with E-state index in [-0.39, 0.29) is 11.0 Å². The van der Waals surface area contributed by atoms with E-state index in [9.17, 15) is 14.7 Å². The van der Waals surface area contributed by atoms with Gasteiger partial charge in [0.1, 0.15) is 6.04 Å². The van der Waals surface area contributed by atoms with Gasteiger partial charge in [0, 0.05) is 10.2 Å². The largest absolute Gasteiger partial charge is 0.479 e. The minimum atomic E-state index is -0.971. The van der Waals surface area contributed by atoms with Gasteiger partial charge in [-0.1, -0.05) is 12.1 Å². The molecule has 1 amide bonds. The fraction of sp³-hybridized carbons (Fsp3) is 0.250. The average Bonchev–Trinajstić information content (AvgIpc) is 2.93. The van der Waals surface area contributed by atoms with E-state index >= 15 is 0 Å². The summed E-state index contributed by atoms with van der Waals surface area (Å²) in [4.78, 5) is 26.7. The molecule has 0 radical (unpaired) electrons. The van der Waals surface area contributed by atoms with Gasteiger partial charge in [-0.3, -0.25) is 9.69 Å². The normalized spacial score (nSPS) is 25.2. The molecule has 1 N–H and O–H groups in total. The van der Waals surface area contributed by atoms with E-state index in [0.717, 1.165) is 4.47 Å². The number of nitrogens with zero attached hydrogens (tertiary/aromatic N) is 2. The Balaban J connectivity index is 2.01. The zero-order valence-electron chi connectivity index (χ0n) is 10.0. The Morgan fingerprint density at radius 1 is 1.45 bits per heavy atom. The first kappa shape index (κ1) is 13.8. The monoisotopic (exact) mass is 372 g/mol. The molecule has 5 nitrogen and oxygen atoms in total. The molecule has 8 heteroatoms. The molecule has 20 heavy (non-hydrogen) atoms. The summed E-state index contributed by atoms with van der Waals surface area (Å²) in [5.74, 6) is -0.698. The lowest BCUT2D eigenvalue weighted by molar-refractivity contribution is -0.138. The third-order valence-electron chi connectivity index (χ3n) is 3.22. The van der Waals surface area contributed by atoms with Crippen LogP contribution in [0.3, 0.4) is 0 Å². The number of carboxylic acids is 1. The highest BCUT2D eigenvalue weighted by Crippen LogP contribution is 2.39. The number of thiocarbonyl (C=S) groups is 1. The van der Waals surface area contributed by atoms with Gasteiger partial charge in [-0.2, -0.15) is 0 Å². The molecule has 2 atom stereocenters. The standard InChI is InChI=1S/C12H9BrN2O3S2/c13-6-3-1-2-4-7(6)14-9(16)8-5-20-10(11(17)18)15(8)12(14)19/h1-4,8,10H,5H2,(H,17,18)/t8-,10-/m1/s1. The topological polar surface area (TPSA) is 60.9 Å². The number of hydrogen-bond acceptors (Lipinski definition) is 4. The number of carbonyl (C=O) groups excluding carboxylic acids is 1. The fourth-order valence-electron chi connectivity index (χ4n) is 2.33. The lowest BCUT2D eigenvalue weighted by atomic mass is 10.2. The lowest BCUT2D eigenvalue weighted by Crippen LogP contribution is -2.41. The molecule has 2 fully saturated rings. The van der Waals surface area contributed by atoms with Gasteiger partial charge in [0.25, 0.3) is 5.91 Å². The average molecular weight is 373 g/mol. The molecule has 1 aromatic rings. The molecule has 0 saturated carbocycles. The van der Waals surface area contributed by atoms with Gasteiger partial charge >= 0.3 is 5.97 Å². The first-order valence-electron chi connectivity index (χ1n) is 5.77. The van der Waals surface area contributed by atoms with Crippen molar-refractivity contribution in [2.75, 3.05) is 10.7 Å². The minimum Gasteiger partial charge on any atom is -0.479 e. The van der Waals surface area contributed by atoms with Gasteiger partial charge in [0.15, 0.2) is 10.5 Å². The Kier molecular flexibility index (Phi) is 3.47. The summed E-state index contributed by atoms with van der Waals surface area (Å²) in [6.45, 7) is 0. The second kappa shape index (κ2) is 5.01. The van der Waals surface area contributed by atoms with Crippen LogP contribution in [-0.4, -0.2) is 44.2 Å². The summed E-state index contributed by atoms with van der Waals surface area (Å²) < 4.78 is 0.747. The number of fused-ring (bicyclic) bond motifs is 1. The van der Waals surface area contributed by atoms with Crippen LogP contribution in [0.25, 0.3) is 0 Å². The molecular weight excluding hydrogens is 364 g/mol. The highest BCUT2D eigenvalue weighted by molar-refractivity contribution is 9.10. The zero-order chi connectivity index (χ0) is 14.4. The van der Waals surface area contributed by atoms with E-state index in [1.54, 1.807) is 6.07 Å². The first-order chi connectivity index (χ1) is 9.52. The van der Waals surface area contributed by atoms with Crippen LogP contribution in [0.1, 0.15) is 0 Å². The molecule has 2 aliphatic rings. The Hall–Kier alpha value is -1.12. The number of rotatable bonds is 2. The van der Waals surface area contributed by atoms with Crippen molar-refractivity contribution in [3.05, 3.63) is 28.7 Å². The van der Waals surface area contributed by atoms with Crippen molar-refractivity contribution in [3.63, 3.8) is 0 Å². The number of benzene rings is 1. The fourth-order valence-corrected chi connectivity index (χ4v) is 4.50. The van der Waals surface area contributed by atoms with E-state index < -0.39 is 17.4 Å². The van der Waals surface area contributed by atoms with Crippen molar-refractivity contribution in [3.8, 4) is 0 Å². The summed E-state index contributed by atoms with van der Waals surface area (Å²) in [7, 11) is 0. The van der Waals surface area contributed by atoms with E-state index in [2.05, 4.69) is 15.9 Å². The molecule has 1 aromatic carbocycles. The van der Waals surface area contributed by atoms with Crippen molar-refractivity contribution in [2.45, 2.75) is 11.4 Å². The molecule has 0 spiro atoms. The minimum absolute atomic E-state index is 0.168. The van der Waals surface area contributed by atoms with Crippen LogP contribution in [0.5, 0.6) is 0 Å². The zero-order valence-corrected chi connectivity index (χ0v) is 13.2. The molecule has 0 aliphatic carbocycles. The molecule has 0 bridgehead atoms. The van der Waals surface area contributed by atoms with Crippen molar-refractivity contribution >= 4 is 62.6 Å². The second-order valence-electron chi connectivity index (χ2n) is 4.35. The predicted octanol–water partition coefficient (Wildman–Crippen LogP) is 1.91. The number of para-hydroxylation sites is 1. The van der Waals surface area contributed by atoms with E-state index in [4.69, 9.17) is 12.2 Å². The molecule has 2 heterocycles. The summed E-state index contributed by atoms with van der Waals surface area (Å²) in [6.07, 6.45) is 0. The molecule has 3 rings (SSSR count). The van der Waals surface area contributed by atoms with Crippen LogP contribution in [0.15, 0.2) is 28.7 Å². The number of aliphatic carboxylic acids is 1. The van der Waals surface area contributed by atoms with Crippen LogP contribution in [0.2, 0.25) is 0 Å². The number of hydrogen-bond donors (Lipinski definition) is 1. The van der Waals surface area contributed by atoms with E-state index in [0.29, 0.717) is 11.4 Å². The molecule has 0 unspecified atom stereocenters. The molecule has 2 aliphatic heterocycles. The summed E-state index contributed by atoms with van der Waals surface area (Å²) in [5.41, 5.74) is 0.644. The number of anilines is 1. The second-order valence-corrected chi connectivity index (χ2v) is 6.69. The van der Waals surface area contributed by atoms with Crippen LogP contribution < -0.4 is 4.90 Å². The van der Waals surface area contributed by atoms with Gasteiger partial charge in [0.05, 0.1) is 5.69 Å². The quantitative estimate of drug-likeness (QED) is 0.800. The van der Waals surface area contributed by atoms with E-state index in [1.807, 2.05) is 18.2 Å². The Morgan fingerprint density at radius 3 is 2.80 bits per heavy atom. The third kappa shape index (κ3) is 1.94. The van der Waals surface area contributed by atoms with Crippen molar-refractivity contribution < 1.29 is 14.7 Å². The van der Waals surface area contributed by atoms with Crippen LogP contribution in [0.4, 0.5) is 5.69 Å². The first-order valence-corrected chi connectivity index (χ1v) is 8.02. The Morgan fingerprint density at radius 2 is 2.15 bits per heavy atom. The summed E-state index contributed by atoms with van der Waals surface area (Å²) in [5, 5.41) is 8.68. The third-order valence-corrected chi connectivity index (χ3v) is 5.54. The number of halogens is 1. The van der Waals surface area contributed by atoms with Gasteiger partial charge in [-0.25, -0.2) is 4.79 Å². The number of carbonyl (C=O) groups is 2. The van der Waals surface area contributed by atoms with Gasteiger partial charge in [0.2, 0.25) is 0 Å². The molecule has 104 valence electrons. The van der Waals surface area contributed by atoms with Gasteiger partial charge in [-0.15, -0.1) is 11.8 Å². The van der Waals surface area contributed by atoms with Gasteiger partial charge < -0.3 is 10.0 Å².